The van der Waals surface area contributed by atoms with Gasteiger partial charge in [0.25, 0.3) is 0 Å². The first-order valence-corrected chi connectivity index (χ1v) is 24.3. The average Bonchev–Trinajstić information content (AvgIpc) is 4.08. The molecule has 0 aliphatic rings. The van der Waals surface area contributed by atoms with Crippen LogP contribution >= 0.6 is 0 Å². The third-order valence-electron chi connectivity index (χ3n) is 14.1. The molecule has 0 amide bonds. The molecule has 5 nitrogen and oxygen atoms in total. The fourth-order valence-corrected chi connectivity index (χ4v) is 11.1. The summed E-state index contributed by atoms with van der Waals surface area (Å²) in [6.45, 7) is 0. The number of para-hydroxylation sites is 8. The number of benzene rings is 11. The van der Waals surface area contributed by atoms with E-state index in [0.29, 0.717) is 0 Å². The first-order valence-electron chi connectivity index (χ1n) is 24.3. The van der Waals surface area contributed by atoms with Crippen molar-refractivity contribution >= 4 is 99.5 Å². The summed E-state index contributed by atoms with van der Waals surface area (Å²) in [5.74, 6) is 0. The standard InChI is InChI=1S/C66H45N5/c1-5-21-46(22-6-1)67(50-37-39-65-59(44-50)57-31-15-19-35-63(57)69(65)48-25-9-3-10-26-48)52-41-53(43-54(42-52)71-61-33-17-13-29-55(61)56-30-14-18-34-62(56)71)68(47-23-7-2-8-24-47)51-38-40-66-60(45-51)58-32-16-20-36-64(58)70(66)49-27-11-4-12-28-49/h1-45H. The highest BCUT2D eigenvalue weighted by Crippen LogP contribution is 2.46. The predicted octanol–water partition coefficient (Wildman–Crippen LogP) is 17.9. The molecule has 334 valence electrons. The summed E-state index contributed by atoms with van der Waals surface area (Å²) in [5.41, 5.74) is 16.6. The largest absolute Gasteiger partial charge is 0.310 e. The maximum Gasteiger partial charge on any atom is 0.0542 e. The van der Waals surface area contributed by atoms with Crippen LogP contribution in [0.2, 0.25) is 0 Å². The van der Waals surface area contributed by atoms with Crippen LogP contribution in [-0.2, 0) is 0 Å². The van der Waals surface area contributed by atoms with Gasteiger partial charge in [0, 0.05) is 66.4 Å². The van der Waals surface area contributed by atoms with E-state index in [2.05, 4.69) is 296 Å². The number of rotatable bonds is 9. The molecular formula is C66H45N5. The summed E-state index contributed by atoms with van der Waals surface area (Å²) in [6.07, 6.45) is 0. The van der Waals surface area contributed by atoms with Crippen molar-refractivity contribution in [3.63, 3.8) is 0 Å². The van der Waals surface area contributed by atoms with Gasteiger partial charge in [0.05, 0.1) is 50.2 Å². The van der Waals surface area contributed by atoms with Gasteiger partial charge in [-0.15, -0.1) is 0 Å². The number of nitrogens with zero attached hydrogens (tertiary/aromatic N) is 5. The SMILES string of the molecule is c1ccc(N(c2cc(N(c3ccccc3)c3ccc4c(c3)c3ccccc3n4-c3ccccc3)cc(-n3c4ccccc4c4ccccc43)c2)c2ccc3c(c2)c2ccccc2n3-c2ccccc2)cc1. The van der Waals surface area contributed by atoms with E-state index in [1.807, 2.05) is 0 Å². The van der Waals surface area contributed by atoms with Crippen molar-refractivity contribution in [2.75, 3.05) is 9.80 Å². The Labute approximate surface area is 411 Å². The molecule has 0 atom stereocenters. The van der Waals surface area contributed by atoms with Crippen LogP contribution in [0.15, 0.2) is 273 Å². The molecule has 0 N–H and O–H groups in total. The van der Waals surface area contributed by atoms with Crippen LogP contribution in [0.3, 0.4) is 0 Å². The van der Waals surface area contributed by atoms with Crippen LogP contribution in [0.5, 0.6) is 0 Å². The van der Waals surface area contributed by atoms with E-state index in [0.717, 1.165) is 73.3 Å². The molecule has 0 saturated carbocycles. The van der Waals surface area contributed by atoms with Crippen LogP contribution in [0, 0.1) is 0 Å². The van der Waals surface area contributed by atoms with E-state index >= 15 is 0 Å². The lowest BCUT2D eigenvalue weighted by molar-refractivity contribution is 1.16. The lowest BCUT2D eigenvalue weighted by atomic mass is 10.1. The van der Waals surface area contributed by atoms with Crippen molar-refractivity contribution < 1.29 is 0 Å². The minimum atomic E-state index is 1.03. The molecular weight excluding hydrogens is 863 g/mol. The molecule has 0 saturated heterocycles. The molecule has 3 aromatic heterocycles. The van der Waals surface area contributed by atoms with Gasteiger partial charge in [-0.3, -0.25) is 0 Å². The number of fused-ring (bicyclic) bond motifs is 9. The van der Waals surface area contributed by atoms with Crippen LogP contribution in [-0.4, -0.2) is 13.7 Å². The lowest BCUT2D eigenvalue weighted by Crippen LogP contribution is -2.14. The van der Waals surface area contributed by atoms with Gasteiger partial charge in [0.15, 0.2) is 0 Å². The first kappa shape index (κ1) is 40.5. The Morgan fingerprint density at radius 1 is 0.183 bits per heavy atom. The van der Waals surface area contributed by atoms with Gasteiger partial charge in [-0.25, -0.2) is 0 Å². The minimum Gasteiger partial charge on any atom is -0.310 e. The average molecular weight is 908 g/mol. The molecule has 0 radical (unpaired) electrons. The minimum absolute atomic E-state index is 1.03. The molecule has 0 fully saturated rings. The number of aromatic nitrogens is 3. The molecule has 0 spiro atoms. The fourth-order valence-electron chi connectivity index (χ4n) is 11.1. The summed E-state index contributed by atoms with van der Waals surface area (Å²) >= 11 is 0. The highest BCUT2D eigenvalue weighted by Gasteiger charge is 2.24. The number of hydrogen-bond donors (Lipinski definition) is 0. The zero-order chi connectivity index (χ0) is 46.8. The summed E-state index contributed by atoms with van der Waals surface area (Å²) < 4.78 is 7.21. The molecule has 14 rings (SSSR count). The highest BCUT2D eigenvalue weighted by molar-refractivity contribution is 6.13. The molecule has 0 aliphatic carbocycles. The summed E-state index contributed by atoms with van der Waals surface area (Å²) in [5, 5.41) is 7.23. The predicted molar refractivity (Wildman–Crippen MR) is 299 cm³/mol. The number of anilines is 6. The molecule has 0 aliphatic heterocycles. The topological polar surface area (TPSA) is 21.3 Å². The maximum atomic E-state index is 2.44. The lowest BCUT2D eigenvalue weighted by Gasteiger charge is -2.30. The second-order valence-corrected chi connectivity index (χ2v) is 18.2. The van der Waals surface area contributed by atoms with Gasteiger partial charge >= 0.3 is 0 Å². The second-order valence-electron chi connectivity index (χ2n) is 18.2. The Morgan fingerprint density at radius 2 is 0.479 bits per heavy atom. The molecule has 5 heteroatoms. The van der Waals surface area contributed by atoms with Crippen LogP contribution in [0.25, 0.3) is 82.5 Å². The van der Waals surface area contributed by atoms with Crippen molar-refractivity contribution in [2.24, 2.45) is 0 Å². The zero-order valence-electron chi connectivity index (χ0n) is 38.7. The molecule has 0 unspecified atom stereocenters. The van der Waals surface area contributed by atoms with Gasteiger partial charge in [-0.05, 0) is 127 Å². The van der Waals surface area contributed by atoms with Gasteiger partial charge in [-0.2, -0.15) is 0 Å². The highest BCUT2D eigenvalue weighted by atomic mass is 15.2. The van der Waals surface area contributed by atoms with Crippen LogP contribution < -0.4 is 9.80 Å². The van der Waals surface area contributed by atoms with Gasteiger partial charge in [-0.1, -0.05) is 146 Å². The van der Waals surface area contributed by atoms with Crippen molar-refractivity contribution in [3.05, 3.63) is 273 Å². The van der Waals surface area contributed by atoms with Gasteiger partial charge in [0.2, 0.25) is 0 Å². The van der Waals surface area contributed by atoms with E-state index in [4.69, 9.17) is 0 Å². The van der Waals surface area contributed by atoms with Gasteiger partial charge < -0.3 is 23.5 Å². The van der Waals surface area contributed by atoms with E-state index in [1.54, 1.807) is 0 Å². The second kappa shape index (κ2) is 16.6. The Hall–Kier alpha value is -9.58. The van der Waals surface area contributed by atoms with Crippen molar-refractivity contribution in [1.29, 1.82) is 0 Å². The molecule has 3 heterocycles. The smallest absolute Gasteiger partial charge is 0.0542 e. The van der Waals surface area contributed by atoms with Crippen molar-refractivity contribution in [1.82, 2.24) is 13.7 Å². The fraction of sp³-hybridized carbons (Fsp3) is 0. The summed E-state index contributed by atoms with van der Waals surface area (Å²) in [6, 6.07) is 99.1. The van der Waals surface area contributed by atoms with Crippen molar-refractivity contribution in [3.8, 4) is 17.1 Å². The van der Waals surface area contributed by atoms with Crippen LogP contribution in [0.4, 0.5) is 34.1 Å². The monoisotopic (exact) mass is 907 g/mol. The maximum absolute atomic E-state index is 2.44. The molecule has 11 aromatic carbocycles. The summed E-state index contributed by atoms with van der Waals surface area (Å²) in [7, 11) is 0. The van der Waals surface area contributed by atoms with Crippen molar-refractivity contribution in [2.45, 2.75) is 0 Å². The Kier molecular flexibility index (Phi) is 9.46. The zero-order valence-corrected chi connectivity index (χ0v) is 38.7. The Morgan fingerprint density at radius 3 is 0.859 bits per heavy atom. The van der Waals surface area contributed by atoms with E-state index in [1.165, 1.54) is 43.4 Å². The Balaban J connectivity index is 1.05. The molecule has 14 aromatic rings. The third kappa shape index (κ3) is 6.63. The van der Waals surface area contributed by atoms with Crippen LogP contribution in [0.1, 0.15) is 0 Å². The first-order chi connectivity index (χ1) is 35.2. The quantitative estimate of drug-likeness (QED) is 0.144. The summed E-state index contributed by atoms with van der Waals surface area (Å²) in [4.78, 5) is 4.85. The van der Waals surface area contributed by atoms with E-state index in [-0.39, 0.29) is 0 Å². The Bertz CT molecular complexity index is 4010. The number of hydrogen-bond acceptors (Lipinski definition) is 2. The molecule has 71 heavy (non-hydrogen) atoms. The van der Waals surface area contributed by atoms with E-state index in [9.17, 15) is 0 Å². The normalized spacial score (nSPS) is 11.7. The third-order valence-corrected chi connectivity index (χ3v) is 14.1. The van der Waals surface area contributed by atoms with E-state index < -0.39 is 0 Å². The van der Waals surface area contributed by atoms with Gasteiger partial charge in [0.1, 0.15) is 0 Å². The molecule has 0 bridgehead atoms.